The van der Waals surface area contributed by atoms with Gasteiger partial charge in [-0.1, -0.05) is 103 Å². The zero-order valence-corrected chi connectivity index (χ0v) is 19.4. The van der Waals surface area contributed by atoms with E-state index in [0.29, 0.717) is 18.4 Å². The van der Waals surface area contributed by atoms with Crippen LogP contribution in [0.4, 0.5) is 0 Å². The molecule has 0 bridgehead atoms. The van der Waals surface area contributed by atoms with Crippen LogP contribution in [0.5, 0.6) is 11.5 Å². The van der Waals surface area contributed by atoms with Crippen LogP contribution in [0.3, 0.4) is 0 Å². The van der Waals surface area contributed by atoms with E-state index in [4.69, 9.17) is 0 Å². The summed E-state index contributed by atoms with van der Waals surface area (Å²) in [7, 11) is 0. The fourth-order valence-electron chi connectivity index (χ4n) is 5.33. The molecule has 0 atom stereocenters. The van der Waals surface area contributed by atoms with E-state index in [-0.39, 0.29) is 11.5 Å². The van der Waals surface area contributed by atoms with Crippen molar-refractivity contribution >= 4 is 0 Å². The molecule has 0 radical (unpaired) electrons. The van der Waals surface area contributed by atoms with Crippen LogP contribution in [0.25, 0.3) is 22.3 Å². The highest BCUT2D eigenvalue weighted by Crippen LogP contribution is 2.49. The Balaban J connectivity index is 1.54. The molecule has 0 aromatic heterocycles. The maximum atomic E-state index is 11.6. The van der Waals surface area contributed by atoms with Crippen molar-refractivity contribution in [2.45, 2.75) is 19.3 Å². The Labute approximate surface area is 205 Å². The van der Waals surface area contributed by atoms with E-state index < -0.39 is 0 Å². The number of phenols is 2. The van der Waals surface area contributed by atoms with Crippen LogP contribution in [-0.2, 0) is 19.3 Å². The first-order chi connectivity index (χ1) is 17.2. The van der Waals surface area contributed by atoms with Gasteiger partial charge in [0.25, 0.3) is 0 Å². The van der Waals surface area contributed by atoms with Gasteiger partial charge in [0.05, 0.1) is 5.56 Å². The van der Waals surface area contributed by atoms with Crippen LogP contribution in [0.15, 0.2) is 109 Å². The smallest absolute Gasteiger partial charge is 0.130 e. The van der Waals surface area contributed by atoms with Gasteiger partial charge in [0.1, 0.15) is 11.5 Å². The van der Waals surface area contributed by atoms with Crippen molar-refractivity contribution < 1.29 is 10.2 Å². The van der Waals surface area contributed by atoms with Crippen LogP contribution < -0.4 is 0 Å². The minimum Gasteiger partial charge on any atom is -0.507 e. The van der Waals surface area contributed by atoms with Gasteiger partial charge in [0.15, 0.2) is 0 Å². The Kier molecular flexibility index (Phi) is 5.35. The molecule has 5 aromatic rings. The van der Waals surface area contributed by atoms with E-state index in [1.807, 2.05) is 54.6 Å². The Bertz CT molecular complexity index is 1450. The lowest BCUT2D eigenvalue weighted by Gasteiger charge is -2.19. The highest BCUT2D eigenvalue weighted by molar-refractivity contribution is 5.89. The molecule has 1 aliphatic carbocycles. The molecule has 2 heteroatoms. The van der Waals surface area contributed by atoms with Gasteiger partial charge < -0.3 is 10.2 Å². The molecule has 2 N–H and O–H groups in total. The van der Waals surface area contributed by atoms with E-state index in [1.165, 1.54) is 16.7 Å². The molecule has 1 aliphatic rings. The number of hydrogen-bond donors (Lipinski definition) is 2. The van der Waals surface area contributed by atoms with Gasteiger partial charge in [0.2, 0.25) is 0 Å². The average Bonchev–Trinajstić information content (AvgIpc) is 3.28. The second-order valence-corrected chi connectivity index (χ2v) is 9.26. The van der Waals surface area contributed by atoms with Gasteiger partial charge in [-0.05, 0) is 62.6 Å². The zero-order chi connectivity index (χ0) is 23.8. The van der Waals surface area contributed by atoms with Gasteiger partial charge in [-0.15, -0.1) is 0 Å². The molecule has 0 heterocycles. The van der Waals surface area contributed by atoms with E-state index in [2.05, 4.69) is 54.6 Å². The van der Waals surface area contributed by atoms with Gasteiger partial charge in [-0.25, -0.2) is 0 Å². The predicted molar refractivity (Wildman–Crippen MR) is 142 cm³/mol. The fourth-order valence-corrected chi connectivity index (χ4v) is 5.33. The van der Waals surface area contributed by atoms with E-state index in [9.17, 15) is 10.2 Å². The first-order valence-electron chi connectivity index (χ1n) is 12.0. The second kappa shape index (κ2) is 8.81. The normalized spacial score (nSPS) is 11.8. The van der Waals surface area contributed by atoms with Crippen LogP contribution >= 0.6 is 0 Å². The third kappa shape index (κ3) is 3.87. The number of fused-ring (bicyclic) bond motifs is 3. The van der Waals surface area contributed by atoms with Crippen molar-refractivity contribution in [2.24, 2.45) is 0 Å². The molecule has 6 rings (SSSR count). The van der Waals surface area contributed by atoms with Crippen LogP contribution in [-0.4, -0.2) is 10.2 Å². The SMILES string of the molecule is Oc1c(Cc2ccccc2)cc(Cc2ccccc2)c(O)c1-c1cccc2c1Cc1ccccc1-2. The lowest BCUT2D eigenvalue weighted by atomic mass is 9.88. The highest BCUT2D eigenvalue weighted by Gasteiger charge is 2.26. The van der Waals surface area contributed by atoms with Gasteiger partial charge in [-0.2, -0.15) is 0 Å². The maximum Gasteiger partial charge on any atom is 0.130 e. The molecule has 0 fully saturated rings. The highest BCUT2D eigenvalue weighted by atomic mass is 16.3. The molecule has 0 saturated heterocycles. The molecule has 35 heavy (non-hydrogen) atoms. The van der Waals surface area contributed by atoms with Crippen molar-refractivity contribution in [1.82, 2.24) is 0 Å². The monoisotopic (exact) mass is 454 g/mol. The molecule has 0 amide bonds. The first kappa shape index (κ1) is 21.2. The summed E-state index contributed by atoms with van der Waals surface area (Å²) < 4.78 is 0. The van der Waals surface area contributed by atoms with Gasteiger partial charge in [0, 0.05) is 12.8 Å². The first-order valence-corrected chi connectivity index (χ1v) is 12.0. The lowest BCUT2D eigenvalue weighted by molar-refractivity contribution is 0.447. The molecule has 5 aromatic carbocycles. The van der Waals surface area contributed by atoms with Crippen LogP contribution in [0, 0.1) is 0 Å². The Morgan fingerprint density at radius 1 is 0.514 bits per heavy atom. The summed E-state index contributed by atoms with van der Waals surface area (Å²) in [5, 5.41) is 23.1. The summed E-state index contributed by atoms with van der Waals surface area (Å²) in [4.78, 5) is 0. The molecular weight excluding hydrogens is 428 g/mol. The summed E-state index contributed by atoms with van der Waals surface area (Å²) in [6.07, 6.45) is 1.98. The molecule has 2 nitrogen and oxygen atoms in total. The van der Waals surface area contributed by atoms with Crippen molar-refractivity contribution in [3.05, 3.63) is 143 Å². The van der Waals surface area contributed by atoms with Crippen molar-refractivity contribution in [2.75, 3.05) is 0 Å². The summed E-state index contributed by atoms with van der Waals surface area (Å²) in [6.45, 7) is 0. The largest absolute Gasteiger partial charge is 0.507 e. The standard InChI is InChI=1S/C33H26O2/c34-32-25(18-22-10-3-1-4-11-22)20-26(19-23-12-5-2-6-13-23)33(35)31(32)29-17-9-16-28-27-15-8-7-14-24(27)21-30(28)29/h1-17,20,34-35H,18-19,21H2. The van der Waals surface area contributed by atoms with Gasteiger partial charge >= 0.3 is 0 Å². The van der Waals surface area contributed by atoms with Crippen molar-refractivity contribution in [3.8, 4) is 33.8 Å². The zero-order valence-electron chi connectivity index (χ0n) is 19.4. The summed E-state index contributed by atoms with van der Waals surface area (Å²) >= 11 is 0. The average molecular weight is 455 g/mol. The predicted octanol–water partition coefficient (Wildman–Crippen LogP) is 7.52. The molecular formula is C33H26O2. The number of benzene rings is 5. The Hall–Kier alpha value is -4.30. The summed E-state index contributed by atoms with van der Waals surface area (Å²) in [5.41, 5.74) is 10.2. The van der Waals surface area contributed by atoms with E-state index in [1.54, 1.807) is 0 Å². The Morgan fingerprint density at radius 2 is 1.03 bits per heavy atom. The van der Waals surface area contributed by atoms with Crippen molar-refractivity contribution in [3.63, 3.8) is 0 Å². The number of aromatic hydroxyl groups is 2. The molecule has 0 saturated carbocycles. The van der Waals surface area contributed by atoms with Crippen LogP contribution in [0.1, 0.15) is 33.4 Å². The third-order valence-corrected chi connectivity index (χ3v) is 7.03. The molecule has 0 spiro atoms. The number of phenolic OH excluding ortho intramolecular Hbond substituents is 2. The van der Waals surface area contributed by atoms with Crippen LogP contribution in [0.2, 0.25) is 0 Å². The molecule has 0 aliphatic heterocycles. The summed E-state index contributed by atoms with van der Waals surface area (Å²) in [5.74, 6) is 0.319. The topological polar surface area (TPSA) is 40.5 Å². The number of rotatable bonds is 5. The minimum atomic E-state index is 0.160. The third-order valence-electron chi connectivity index (χ3n) is 7.03. The maximum absolute atomic E-state index is 11.6. The quantitative estimate of drug-likeness (QED) is 0.283. The molecule has 170 valence electrons. The van der Waals surface area contributed by atoms with Gasteiger partial charge in [-0.3, -0.25) is 0 Å². The Morgan fingerprint density at radius 3 is 1.66 bits per heavy atom. The molecule has 0 unspecified atom stereocenters. The fraction of sp³-hybridized carbons (Fsp3) is 0.0909. The van der Waals surface area contributed by atoms with E-state index in [0.717, 1.165) is 39.8 Å². The second-order valence-electron chi connectivity index (χ2n) is 9.26. The van der Waals surface area contributed by atoms with Crippen molar-refractivity contribution in [1.29, 1.82) is 0 Å². The minimum absolute atomic E-state index is 0.160. The summed E-state index contributed by atoms with van der Waals surface area (Å²) in [6, 6.07) is 36.9. The van der Waals surface area contributed by atoms with E-state index >= 15 is 0 Å². The number of hydrogen-bond acceptors (Lipinski definition) is 2. The lowest BCUT2D eigenvalue weighted by Crippen LogP contribution is -1.99.